The van der Waals surface area contributed by atoms with Crippen LogP contribution in [0.1, 0.15) is 43.6 Å². The average molecular weight is 397 g/mol. The number of benzene rings is 1. The largest absolute Gasteiger partial charge is 0.444 e. The molecule has 7 nitrogen and oxygen atoms in total. The molecule has 2 atom stereocenters. The fourth-order valence-corrected chi connectivity index (χ4v) is 3.66. The van der Waals surface area contributed by atoms with E-state index >= 15 is 0 Å². The second-order valence-electron chi connectivity index (χ2n) is 8.19. The summed E-state index contributed by atoms with van der Waals surface area (Å²) in [6.07, 6.45) is 0.605. The minimum Gasteiger partial charge on any atom is -0.444 e. The Morgan fingerprint density at radius 3 is 2.41 bits per heavy atom. The number of amides is 2. The summed E-state index contributed by atoms with van der Waals surface area (Å²) < 4.78 is 28.9. The van der Waals surface area contributed by atoms with Crippen molar-refractivity contribution in [3.63, 3.8) is 0 Å². The minimum absolute atomic E-state index is 0.0554. The Morgan fingerprint density at radius 2 is 1.85 bits per heavy atom. The first-order valence-electron chi connectivity index (χ1n) is 8.87. The van der Waals surface area contributed by atoms with E-state index in [2.05, 4.69) is 5.32 Å². The van der Waals surface area contributed by atoms with Crippen LogP contribution in [0, 0.1) is 12.8 Å². The lowest BCUT2D eigenvalue weighted by Crippen LogP contribution is -2.43. The first-order chi connectivity index (χ1) is 12.3. The van der Waals surface area contributed by atoms with Gasteiger partial charge in [-0.2, -0.15) is 0 Å². The van der Waals surface area contributed by atoms with Gasteiger partial charge in [0.25, 0.3) is 5.91 Å². The molecule has 8 heteroatoms. The SMILES string of the molecule is Cc1ccc(S(C)(=O)=O)cc1C(=O)N1C[C@H](C)[C@H](NC(=O)OC(C)(C)C)C1. The van der Waals surface area contributed by atoms with Crippen molar-refractivity contribution in [2.45, 2.75) is 51.2 Å². The van der Waals surface area contributed by atoms with Crippen molar-refractivity contribution in [3.05, 3.63) is 29.3 Å². The lowest BCUT2D eigenvalue weighted by atomic mass is 10.1. The molecular weight excluding hydrogens is 368 g/mol. The first-order valence-corrected chi connectivity index (χ1v) is 10.8. The van der Waals surface area contributed by atoms with E-state index in [4.69, 9.17) is 4.74 Å². The Balaban J connectivity index is 2.14. The van der Waals surface area contributed by atoms with Crippen molar-refractivity contribution >= 4 is 21.8 Å². The zero-order chi connectivity index (χ0) is 20.6. The Morgan fingerprint density at radius 1 is 1.22 bits per heavy atom. The van der Waals surface area contributed by atoms with Crippen molar-refractivity contribution in [2.24, 2.45) is 5.92 Å². The van der Waals surface area contributed by atoms with Crippen molar-refractivity contribution < 1.29 is 22.7 Å². The van der Waals surface area contributed by atoms with Crippen LogP contribution >= 0.6 is 0 Å². The number of nitrogens with zero attached hydrogens (tertiary/aromatic N) is 1. The van der Waals surface area contributed by atoms with Gasteiger partial charge in [0.05, 0.1) is 10.9 Å². The van der Waals surface area contributed by atoms with E-state index in [0.717, 1.165) is 6.26 Å². The van der Waals surface area contributed by atoms with Gasteiger partial charge in [-0.1, -0.05) is 13.0 Å². The molecule has 2 rings (SSSR count). The average Bonchev–Trinajstić information content (AvgIpc) is 2.85. The normalized spacial score (nSPS) is 20.4. The summed E-state index contributed by atoms with van der Waals surface area (Å²) in [5.74, 6) is -0.182. The van der Waals surface area contributed by atoms with Crippen LogP contribution in [-0.2, 0) is 14.6 Å². The van der Waals surface area contributed by atoms with E-state index in [0.29, 0.717) is 24.2 Å². The molecule has 1 aromatic carbocycles. The number of sulfone groups is 1. The Kier molecular flexibility index (Phi) is 5.89. The van der Waals surface area contributed by atoms with Gasteiger partial charge >= 0.3 is 6.09 Å². The highest BCUT2D eigenvalue weighted by Crippen LogP contribution is 2.23. The number of nitrogens with one attached hydrogen (secondary N) is 1. The van der Waals surface area contributed by atoms with Crippen LogP contribution in [0.2, 0.25) is 0 Å². The highest BCUT2D eigenvalue weighted by Gasteiger charge is 2.35. The molecule has 0 saturated carbocycles. The van der Waals surface area contributed by atoms with Gasteiger partial charge in [-0.05, 0) is 51.3 Å². The summed E-state index contributed by atoms with van der Waals surface area (Å²) in [6, 6.07) is 4.34. The van der Waals surface area contributed by atoms with Gasteiger partial charge in [-0.15, -0.1) is 0 Å². The molecule has 1 aliphatic heterocycles. The summed E-state index contributed by atoms with van der Waals surface area (Å²) in [4.78, 5) is 26.7. The third-order valence-electron chi connectivity index (χ3n) is 4.47. The number of carbonyl (C=O) groups excluding carboxylic acids is 2. The molecule has 27 heavy (non-hydrogen) atoms. The van der Waals surface area contributed by atoms with Gasteiger partial charge in [0.1, 0.15) is 5.60 Å². The van der Waals surface area contributed by atoms with Crippen LogP contribution in [0.3, 0.4) is 0 Å². The fourth-order valence-electron chi connectivity index (χ4n) is 3.01. The molecule has 1 aliphatic rings. The number of aryl methyl sites for hydroxylation is 1. The predicted molar refractivity (Wildman–Crippen MR) is 103 cm³/mol. The summed E-state index contributed by atoms with van der Waals surface area (Å²) in [5.41, 5.74) is 0.483. The van der Waals surface area contributed by atoms with Crippen LogP contribution in [-0.4, -0.2) is 56.3 Å². The zero-order valence-electron chi connectivity index (χ0n) is 16.7. The highest BCUT2D eigenvalue weighted by molar-refractivity contribution is 7.90. The Labute approximate surface area is 161 Å². The van der Waals surface area contributed by atoms with Crippen molar-refractivity contribution in [3.8, 4) is 0 Å². The number of carbonyl (C=O) groups is 2. The molecule has 0 spiro atoms. The molecule has 2 amide bonds. The fraction of sp³-hybridized carbons (Fsp3) is 0.579. The van der Waals surface area contributed by atoms with Gasteiger partial charge in [-0.3, -0.25) is 4.79 Å². The topological polar surface area (TPSA) is 92.8 Å². The third kappa shape index (κ3) is 5.45. The van der Waals surface area contributed by atoms with Crippen molar-refractivity contribution in [2.75, 3.05) is 19.3 Å². The Bertz CT molecular complexity index is 842. The number of rotatable bonds is 3. The maximum atomic E-state index is 12.9. The molecule has 150 valence electrons. The predicted octanol–water partition coefficient (Wildman–Crippen LogP) is 2.38. The maximum Gasteiger partial charge on any atom is 0.407 e. The van der Waals surface area contributed by atoms with Crippen LogP contribution in [0.15, 0.2) is 23.1 Å². The summed E-state index contributed by atoms with van der Waals surface area (Å²) in [6.45, 7) is 9.92. The van der Waals surface area contributed by atoms with Crippen LogP contribution in [0.4, 0.5) is 4.79 Å². The monoisotopic (exact) mass is 396 g/mol. The highest BCUT2D eigenvalue weighted by atomic mass is 32.2. The van der Waals surface area contributed by atoms with Gasteiger partial charge in [0, 0.05) is 24.9 Å². The molecule has 1 N–H and O–H groups in total. The van der Waals surface area contributed by atoms with E-state index < -0.39 is 21.5 Å². The van der Waals surface area contributed by atoms with Crippen molar-refractivity contribution in [1.29, 1.82) is 0 Å². The first kappa shape index (κ1) is 21.2. The van der Waals surface area contributed by atoms with Crippen molar-refractivity contribution in [1.82, 2.24) is 10.2 Å². The number of hydrogen-bond acceptors (Lipinski definition) is 5. The molecular formula is C19H28N2O5S. The van der Waals surface area contributed by atoms with E-state index in [1.54, 1.807) is 38.7 Å². The summed E-state index contributed by atoms with van der Waals surface area (Å²) in [5, 5.41) is 2.82. The van der Waals surface area contributed by atoms with Gasteiger partial charge in [-0.25, -0.2) is 13.2 Å². The minimum atomic E-state index is -3.40. The molecule has 0 radical (unpaired) electrons. The summed E-state index contributed by atoms with van der Waals surface area (Å²) >= 11 is 0. The zero-order valence-corrected chi connectivity index (χ0v) is 17.5. The molecule has 0 unspecified atom stereocenters. The molecule has 1 fully saturated rings. The maximum absolute atomic E-state index is 12.9. The second-order valence-corrected chi connectivity index (χ2v) is 10.2. The quantitative estimate of drug-likeness (QED) is 0.847. The van der Waals surface area contributed by atoms with E-state index in [1.807, 2.05) is 6.92 Å². The smallest absolute Gasteiger partial charge is 0.407 e. The molecule has 1 heterocycles. The third-order valence-corrected chi connectivity index (χ3v) is 5.58. The second kappa shape index (κ2) is 7.50. The standard InChI is InChI=1S/C19H28N2O5S/c1-12-7-8-14(27(6,24)25)9-15(12)17(22)21-10-13(2)16(11-21)20-18(23)26-19(3,4)5/h7-9,13,16H,10-11H2,1-6H3,(H,20,23)/t13-,16+/m0/s1. The Hall–Kier alpha value is -2.09. The molecule has 0 bridgehead atoms. The number of alkyl carbamates (subject to hydrolysis) is 1. The van der Waals surface area contributed by atoms with Gasteiger partial charge < -0.3 is 15.0 Å². The lowest BCUT2D eigenvalue weighted by Gasteiger charge is -2.23. The number of hydrogen-bond donors (Lipinski definition) is 1. The van der Waals surface area contributed by atoms with E-state index in [9.17, 15) is 18.0 Å². The van der Waals surface area contributed by atoms with E-state index in [-0.39, 0.29) is 22.8 Å². The van der Waals surface area contributed by atoms with Crippen LogP contribution in [0.25, 0.3) is 0 Å². The number of likely N-dealkylation sites (tertiary alicyclic amines) is 1. The van der Waals surface area contributed by atoms with Crippen LogP contribution in [0.5, 0.6) is 0 Å². The van der Waals surface area contributed by atoms with Gasteiger partial charge in [0.2, 0.25) is 0 Å². The van der Waals surface area contributed by atoms with Crippen LogP contribution < -0.4 is 5.32 Å². The lowest BCUT2D eigenvalue weighted by molar-refractivity contribution is 0.0494. The molecule has 1 saturated heterocycles. The molecule has 0 aromatic heterocycles. The molecule has 0 aliphatic carbocycles. The van der Waals surface area contributed by atoms with E-state index in [1.165, 1.54) is 12.1 Å². The van der Waals surface area contributed by atoms with Gasteiger partial charge in [0.15, 0.2) is 9.84 Å². The summed E-state index contributed by atoms with van der Waals surface area (Å²) in [7, 11) is -3.40. The number of ether oxygens (including phenoxy) is 1. The molecule has 1 aromatic rings.